The highest BCUT2D eigenvalue weighted by Crippen LogP contribution is 2.34. The molecule has 3 rings (SSSR count). The van der Waals surface area contributed by atoms with E-state index in [9.17, 15) is 9.59 Å². The van der Waals surface area contributed by atoms with Gasteiger partial charge in [-0.1, -0.05) is 26.0 Å². The lowest BCUT2D eigenvalue weighted by molar-refractivity contribution is -0.127. The van der Waals surface area contributed by atoms with Crippen LogP contribution in [-0.2, 0) is 9.59 Å². The Kier molecular flexibility index (Phi) is 7.17. The molecule has 2 aromatic carbocycles. The Morgan fingerprint density at radius 3 is 2.50 bits per heavy atom. The van der Waals surface area contributed by atoms with Gasteiger partial charge >= 0.3 is 0 Å². The molecular formula is C23H28N2O5. The molecule has 2 aromatic rings. The highest BCUT2D eigenvalue weighted by molar-refractivity contribution is 6.06. The van der Waals surface area contributed by atoms with Crippen LogP contribution in [0.15, 0.2) is 42.5 Å². The third-order valence-electron chi connectivity index (χ3n) is 4.53. The lowest BCUT2D eigenvalue weighted by Gasteiger charge is -2.32. The molecule has 160 valence electrons. The topological polar surface area (TPSA) is 77.1 Å². The van der Waals surface area contributed by atoms with Crippen molar-refractivity contribution in [3.05, 3.63) is 42.5 Å². The van der Waals surface area contributed by atoms with Crippen LogP contribution in [0.5, 0.6) is 17.2 Å². The number of ether oxygens (including phenoxy) is 3. The highest BCUT2D eigenvalue weighted by atomic mass is 16.5. The molecule has 0 bridgehead atoms. The van der Waals surface area contributed by atoms with E-state index in [-0.39, 0.29) is 18.4 Å². The molecule has 1 atom stereocenters. The second-order valence-electron chi connectivity index (χ2n) is 7.06. The fourth-order valence-corrected chi connectivity index (χ4v) is 3.11. The number of nitrogens with one attached hydrogen (secondary N) is 1. The second kappa shape index (κ2) is 10.0. The summed E-state index contributed by atoms with van der Waals surface area (Å²) in [5.41, 5.74) is 1.17. The van der Waals surface area contributed by atoms with Gasteiger partial charge in [0.25, 0.3) is 5.91 Å². The molecule has 0 fully saturated rings. The summed E-state index contributed by atoms with van der Waals surface area (Å²) < 4.78 is 17.1. The summed E-state index contributed by atoms with van der Waals surface area (Å²) in [6.45, 7) is 6.77. The molecular weight excluding hydrogens is 384 g/mol. The van der Waals surface area contributed by atoms with Gasteiger partial charge < -0.3 is 19.5 Å². The van der Waals surface area contributed by atoms with Crippen molar-refractivity contribution in [1.82, 2.24) is 0 Å². The first-order valence-corrected chi connectivity index (χ1v) is 10.3. The van der Waals surface area contributed by atoms with E-state index in [1.165, 1.54) is 4.90 Å². The molecule has 0 spiro atoms. The highest BCUT2D eigenvalue weighted by Gasteiger charge is 2.32. The Labute approximate surface area is 176 Å². The second-order valence-corrected chi connectivity index (χ2v) is 7.06. The average molecular weight is 412 g/mol. The van der Waals surface area contributed by atoms with Gasteiger partial charge in [0.15, 0.2) is 17.6 Å². The van der Waals surface area contributed by atoms with Gasteiger partial charge in [-0.3, -0.25) is 14.5 Å². The standard InChI is InChI=1S/C23H28N2O5/c1-4-12-28-20-11-10-17(14-21(20)29-13-5-2)24-22(26)15-25-18-8-6-7-9-19(18)30-16(3)23(25)27/h6-11,14,16H,4-5,12-13,15H2,1-3H3,(H,24,26). The largest absolute Gasteiger partial charge is 0.490 e. The van der Waals surface area contributed by atoms with Crippen molar-refractivity contribution in [3.63, 3.8) is 0 Å². The van der Waals surface area contributed by atoms with E-state index >= 15 is 0 Å². The first kappa shape index (κ1) is 21.5. The van der Waals surface area contributed by atoms with E-state index in [1.807, 2.05) is 26.0 Å². The maximum Gasteiger partial charge on any atom is 0.268 e. The van der Waals surface area contributed by atoms with E-state index in [0.29, 0.717) is 41.8 Å². The van der Waals surface area contributed by atoms with Gasteiger partial charge in [0.05, 0.1) is 18.9 Å². The Morgan fingerprint density at radius 2 is 1.77 bits per heavy atom. The zero-order chi connectivity index (χ0) is 21.5. The van der Waals surface area contributed by atoms with Crippen LogP contribution < -0.4 is 24.4 Å². The number of amides is 2. The molecule has 0 aliphatic carbocycles. The maximum absolute atomic E-state index is 12.7. The van der Waals surface area contributed by atoms with Crippen LogP contribution in [0.1, 0.15) is 33.6 Å². The number of hydrogen-bond donors (Lipinski definition) is 1. The van der Waals surface area contributed by atoms with Crippen molar-refractivity contribution in [1.29, 1.82) is 0 Å². The Balaban J connectivity index is 1.73. The number of benzene rings is 2. The normalized spacial score (nSPS) is 15.2. The van der Waals surface area contributed by atoms with Crippen molar-refractivity contribution in [2.45, 2.75) is 39.7 Å². The Bertz CT molecular complexity index is 899. The molecule has 1 aliphatic rings. The molecule has 0 radical (unpaired) electrons. The number of carbonyl (C=O) groups excluding carboxylic acids is 2. The van der Waals surface area contributed by atoms with Gasteiger partial charge in [-0.25, -0.2) is 0 Å². The fraction of sp³-hybridized carbons (Fsp3) is 0.391. The van der Waals surface area contributed by atoms with E-state index < -0.39 is 6.10 Å². The van der Waals surface area contributed by atoms with Crippen molar-refractivity contribution in [2.75, 3.05) is 30.0 Å². The minimum atomic E-state index is -0.642. The van der Waals surface area contributed by atoms with Crippen LogP contribution in [0.3, 0.4) is 0 Å². The van der Waals surface area contributed by atoms with Crippen LogP contribution in [0.4, 0.5) is 11.4 Å². The van der Waals surface area contributed by atoms with Gasteiger partial charge in [-0.2, -0.15) is 0 Å². The van der Waals surface area contributed by atoms with Crippen molar-refractivity contribution >= 4 is 23.2 Å². The lowest BCUT2D eigenvalue weighted by atomic mass is 10.2. The van der Waals surface area contributed by atoms with E-state index in [2.05, 4.69) is 5.32 Å². The molecule has 1 aliphatic heterocycles. The molecule has 0 aromatic heterocycles. The third-order valence-corrected chi connectivity index (χ3v) is 4.53. The predicted octanol–water partition coefficient (Wildman–Crippen LogP) is 4.02. The zero-order valence-corrected chi connectivity index (χ0v) is 17.6. The summed E-state index contributed by atoms with van der Waals surface area (Å²) in [7, 11) is 0. The number of carbonyl (C=O) groups is 2. The first-order valence-electron chi connectivity index (χ1n) is 10.3. The first-order chi connectivity index (χ1) is 14.5. The van der Waals surface area contributed by atoms with Gasteiger partial charge in [0.1, 0.15) is 12.3 Å². The fourth-order valence-electron chi connectivity index (χ4n) is 3.11. The van der Waals surface area contributed by atoms with Crippen molar-refractivity contribution < 1.29 is 23.8 Å². The van der Waals surface area contributed by atoms with Gasteiger partial charge in [-0.05, 0) is 44.0 Å². The van der Waals surface area contributed by atoms with E-state index in [0.717, 1.165) is 12.8 Å². The van der Waals surface area contributed by atoms with Crippen molar-refractivity contribution in [3.8, 4) is 17.2 Å². The van der Waals surface area contributed by atoms with Crippen molar-refractivity contribution in [2.24, 2.45) is 0 Å². The number of rotatable bonds is 9. The monoisotopic (exact) mass is 412 g/mol. The molecule has 7 heteroatoms. The maximum atomic E-state index is 12.7. The molecule has 0 saturated carbocycles. The van der Waals surface area contributed by atoms with Crippen LogP contribution in [0, 0.1) is 0 Å². The van der Waals surface area contributed by atoms with E-state index in [1.54, 1.807) is 37.3 Å². The average Bonchev–Trinajstić information content (AvgIpc) is 2.74. The van der Waals surface area contributed by atoms with E-state index in [4.69, 9.17) is 14.2 Å². The molecule has 7 nitrogen and oxygen atoms in total. The lowest BCUT2D eigenvalue weighted by Crippen LogP contribution is -2.47. The van der Waals surface area contributed by atoms with Crippen LogP contribution >= 0.6 is 0 Å². The third kappa shape index (κ3) is 5.03. The van der Waals surface area contributed by atoms with Crippen LogP contribution in [0.2, 0.25) is 0 Å². The molecule has 1 unspecified atom stereocenters. The zero-order valence-electron chi connectivity index (χ0n) is 17.6. The molecule has 30 heavy (non-hydrogen) atoms. The van der Waals surface area contributed by atoms with Gasteiger partial charge in [0, 0.05) is 11.8 Å². The summed E-state index contributed by atoms with van der Waals surface area (Å²) >= 11 is 0. The Morgan fingerprint density at radius 1 is 1.07 bits per heavy atom. The number of para-hydroxylation sites is 2. The summed E-state index contributed by atoms with van der Waals surface area (Å²) in [6.07, 6.45) is 1.11. The summed E-state index contributed by atoms with van der Waals surface area (Å²) in [5, 5.41) is 2.85. The van der Waals surface area contributed by atoms with Gasteiger partial charge in [-0.15, -0.1) is 0 Å². The minimum Gasteiger partial charge on any atom is -0.490 e. The van der Waals surface area contributed by atoms with Gasteiger partial charge in [0.2, 0.25) is 5.91 Å². The predicted molar refractivity (Wildman–Crippen MR) is 116 cm³/mol. The summed E-state index contributed by atoms with van der Waals surface area (Å²) in [4.78, 5) is 26.7. The molecule has 0 saturated heterocycles. The smallest absolute Gasteiger partial charge is 0.268 e. The Hall–Kier alpha value is -3.22. The summed E-state index contributed by atoms with van der Waals surface area (Å²) in [6, 6.07) is 12.5. The minimum absolute atomic E-state index is 0.108. The number of hydrogen-bond acceptors (Lipinski definition) is 5. The number of fused-ring (bicyclic) bond motifs is 1. The summed E-state index contributed by atoms with van der Waals surface area (Å²) in [5.74, 6) is 1.26. The SMILES string of the molecule is CCCOc1ccc(NC(=O)CN2C(=O)C(C)Oc3ccccc32)cc1OCCC. The number of anilines is 2. The van der Waals surface area contributed by atoms with Crippen LogP contribution in [-0.4, -0.2) is 37.7 Å². The number of nitrogens with zero attached hydrogens (tertiary/aromatic N) is 1. The molecule has 1 heterocycles. The quantitative estimate of drug-likeness (QED) is 0.673. The molecule has 1 N–H and O–H groups in total. The van der Waals surface area contributed by atoms with Crippen LogP contribution in [0.25, 0.3) is 0 Å². The molecule has 2 amide bonds.